The zero-order valence-electron chi connectivity index (χ0n) is 11.3. The van der Waals surface area contributed by atoms with Gasteiger partial charge in [-0.15, -0.1) is 0 Å². The highest BCUT2D eigenvalue weighted by Gasteiger charge is 2.05. The summed E-state index contributed by atoms with van der Waals surface area (Å²) in [4.78, 5) is 14.2. The molecule has 0 saturated carbocycles. The minimum Gasteiger partial charge on any atom is -0.354 e. The molecule has 0 aliphatic heterocycles. The summed E-state index contributed by atoms with van der Waals surface area (Å²) in [5.74, 6) is 0. The number of nitrogens with one attached hydrogen (secondary N) is 1. The van der Waals surface area contributed by atoms with Crippen LogP contribution in [0.25, 0.3) is 32.9 Å². The van der Waals surface area contributed by atoms with Crippen LogP contribution in [0.3, 0.4) is 0 Å². The summed E-state index contributed by atoms with van der Waals surface area (Å²) in [5, 5.41) is 2.48. The van der Waals surface area contributed by atoms with Crippen molar-refractivity contribution in [3.63, 3.8) is 0 Å². The highest BCUT2D eigenvalue weighted by Crippen LogP contribution is 2.29. The van der Waals surface area contributed by atoms with Gasteiger partial charge in [0.05, 0.1) is 0 Å². The fourth-order valence-electron chi connectivity index (χ4n) is 2.79. The SMILES string of the molecule is O=Cc1ccc(-c2ccc3c(c2)[nH]c2ccccc23)cc1. The van der Waals surface area contributed by atoms with Crippen LogP contribution in [0, 0.1) is 0 Å². The lowest BCUT2D eigenvalue weighted by Crippen LogP contribution is -1.81. The number of hydrogen-bond acceptors (Lipinski definition) is 1. The summed E-state index contributed by atoms with van der Waals surface area (Å²) in [5.41, 5.74) is 5.24. The molecule has 1 aromatic heterocycles. The quantitative estimate of drug-likeness (QED) is 0.522. The van der Waals surface area contributed by atoms with Gasteiger partial charge in [0.1, 0.15) is 6.29 Å². The minimum absolute atomic E-state index is 0.699. The van der Waals surface area contributed by atoms with E-state index in [1.54, 1.807) is 0 Å². The lowest BCUT2D eigenvalue weighted by molar-refractivity contribution is 0.112. The Labute approximate surface area is 122 Å². The van der Waals surface area contributed by atoms with Crippen LogP contribution in [-0.4, -0.2) is 11.3 Å². The first-order valence-electron chi connectivity index (χ1n) is 6.91. The number of rotatable bonds is 2. The normalized spacial score (nSPS) is 11.0. The molecule has 21 heavy (non-hydrogen) atoms. The molecular formula is C19H13NO. The van der Waals surface area contributed by atoms with Gasteiger partial charge in [-0.05, 0) is 23.3 Å². The first kappa shape index (κ1) is 11.9. The Morgan fingerprint density at radius 3 is 2.24 bits per heavy atom. The zero-order valence-corrected chi connectivity index (χ0v) is 11.3. The fourth-order valence-corrected chi connectivity index (χ4v) is 2.79. The molecule has 0 amide bonds. The van der Waals surface area contributed by atoms with E-state index in [1.165, 1.54) is 10.8 Å². The van der Waals surface area contributed by atoms with Crippen molar-refractivity contribution >= 4 is 28.1 Å². The molecule has 0 unspecified atom stereocenters. The van der Waals surface area contributed by atoms with Gasteiger partial charge in [0.15, 0.2) is 0 Å². The van der Waals surface area contributed by atoms with Crippen molar-refractivity contribution in [2.75, 3.05) is 0 Å². The highest BCUT2D eigenvalue weighted by atomic mass is 16.1. The zero-order chi connectivity index (χ0) is 14.2. The molecule has 4 aromatic rings. The van der Waals surface area contributed by atoms with Gasteiger partial charge in [-0.2, -0.15) is 0 Å². The number of carbonyl (C=O) groups is 1. The lowest BCUT2D eigenvalue weighted by Gasteiger charge is -2.02. The minimum atomic E-state index is 0.699. The molecule has 1 N–H and O–H groups in total. The van der Waals surface area contributed by atoms with Crippen LogP contribution in [0.4, 0.5) is 0 Å². The summed E-state index contributed by atoms with van der Waals surface area (Å²) >= 11 is 0. The molecule has 0 fully saturated rings. The first-order chi connectivity index (χ1) is 10.3. The lowest BCUT2D eigenvalue weighted by atomic mass is 10.0. The van der Waals surface area contributed by atoms with E-state index in [1.807, 2.05) is 30.3 Å². The Hall–Kier alpha value is -2.87. The van der Waals surface area contributed by atoms with Crippen molar-refractivity contribution in [2.24, 2.45) is 0 Å². The number of hydrogen-bond donors (Lipinski definition) is 1. The van der Waals surface area contributed by atoms with Gasteiger partial charge in [-0.25, -0.2) is 0 Å². The molecule has 2 heteroatoms. The van der Waals surface area contributed by atoms with E-state index >= 15 is 0 Å². The van der Waals surface area contributed by atoms with E-state index in [0.29, 0.717) is 5.56 Å². The number of H-pyrrole nitrogens is 1. The Morgan fingerprint density at radius 1 is 0.714 bits per heavy atom. The van der Waals surface area contributed by atoms with Crippen LogP contribution in [0.2, 0.25) is 0 Å². The van der Waals surface area contributed by atoms with Crippen LogP contribution in [0.15, 0.2) is 66.7 Å². The first-order valence-corrected chi connectivity index (χ1v) is 6.91. The third-order valence-electron chi connectivity index (χ3n) is 3.89. The van der Waals surface area contributed by atoms with Gasteiger partial charge >= 0.3 is 0 Å². The number of benzene rings is 3. The highest BCUT2D eigenvalue weighted by molar-refractivity contribution is 6.08. The maximum absolute atomic E-state index is 10.7. The van der Waals surface area contributed by atoms with Crippen LogP contribution in [0.5, 0.6) is 0 Å². The summed E-state index contributed by atoms with van der Waals surface area (Å²) in [6.45, 7) is 0. The van der Waals surface area contributed by atoms with E-state index in [0.717, 1.165) is 28.4 Å². The molecule has 3 aromatic carbocycles. The molecule has 0 radical (unpaired) electrons. The summed E-state index contributed by atoms with van der Waals surface area (Å²) in [6.07, 6.45) is 0.866. The van der Waals surface area contributed by atoms with Crippen LogP contribution >= 0.6 is 0 Å². The predicted molar refractivity (Wildman–Crippen MR) is 86.6 cm³/mol. The Morgan fingerprint density at radius 2 is 1.43 bits per heavy atom. The molecule has 4 rings (SSSR count). The maximum Gasteiger partial charge on any atom is 0.150 e. The van der Waals surface area contributed by atoms with E-state index in [9.17, 15) is 4.79 Å². The van der Waals surface area contributed by atoms with Crippen LogP contribution in [0.1, 0.15) is 10.4 Å². The van der Waals surface area contributed by atoms with Crippen molar-refractivity contribution in [3.05, 3.63) is 72.3 Å². The van der Waals surface area contributed by atoms with Crippen LogP contribution in [-0.2, 0) is 0 Å². The van der Waals surface area contributed by atoms with Gasteiger partial charge in [0.25, 0.3) is 0 Å². The maximum atomic E-state index is 10.7. The Balaban J connectivity index is 1.89. The Kier molecular flexibility index (Phi) is 2.61. The standard InChI is InChI=1S/C19H13NO/c21-12-13-5-7-14(8-6-13)15-9-10-17-16-3-1-2-4-18(16)20-19(17)11-15/h1-12,20H. The van der Waals surface area contributed by atoms with Gasteiger partial charge in [-0.1, -0.05) is 54.6 Å². The molecule has 0 spiro atoms. The monoisotopic (exact) mass is 271 g/mol. The van der Waals surface area contributed by atoms with E-state index in [-0.39, 0.29) is 0 Å². The van der Waals surface area contributed by atoms with Crippen molar-refractivity contribution < 1.29 is 4.79 Å². The number of aromatic nitrogens is 1. The third kappa shape index (κ3) is 1.93. The van der Waals surface area contributed by atoms with Crippen LogP contribution < -0.4 is 0 Å². The number of fused-ring (bicyclic) bond motifs is 3. The number of aldehydes is 1. The molecule has 0 atom stereocenters. The second kappa shape index (κ2) is 4.60. The molecule has 1 heterocycles. The average Bonchev–Trinajstić information content (AvgIpc) is 2.92. The molecule has 0 aliphatic rings. The molecule has 0 bridgehead atoms. The van der Waals surface area contributed by atoms with Crippen molar-refractivity contribution in [2.45, 2.75) is 0 Å². The molecule has 2 nitrogen and oxygen atoms in total. The largest absolute Gasteiger partial charge is 0.354 e. The Bertz CT molecular complexity index is 948. The smallest absolute Gasteiger partial charge is 0.150 e. The third-order valence-corrected chi connectivity index (χ3v) is 3.89. The van der Waals surface area contributed by atoms with Gasteiger partial charge in [-0.3, -0.25) is 4.79 Å². The van der Waals surface area contributed by atoms with E-state index < -0.39 is 0 Å². The topological polar surface area (TPSA) is 32.9 Å². The molecular weight excluding hydrogens is 258 g/mol. The fraction of sp³-hybridized carbons (Fsp3) is 0. The van der Waals surface area contributed by atoms with Crippen molar-refractivity contribution in [3.8, 4) is 11.1 Å². The van der Waals surface area contributed by atoms with Gasteiger partial charge in [0.2, 0.25) is 0 Å². The molecule has 0 aliphatic carbocycles. The van der Waals surface area contributed by atoms with Gasteiger partial charge in [0, 0.05) is 27.4 Å². The van der Waals surface area contributed by atoms with Crippen molar-refractivity contribution in [1.82, 2.24) is 4.98 Å². The summed E-state index contributed by atoms with van der Waals surface area (Å²) in [6, 6.07) is 22.4. The molecule has 0 saturated heterocycles. The summed E-state index contributed by atoms with van der Waals surface area (Å²) in [7, 11) is 0. The van der Waals surface area contributed by atoms with Gasteiger partial charge < -0.3 is 4.98 Å². The number of aromatic amines is 1. The van der Waals surface area contributed by atoms with E-state index in [2.05, 4.69) is 41.4 Å². The number of para-hydroxylation sites is 1. The van der Waals surface area contributed by atoms with E-state index in [4.69, 9.17) is 0 Å². The number of carbonyl (C=O) groups excluding carboxylic acids is 1. The predicted octanol–water partition coefficient (Wildman–Crippen LogP) is 4.80. The second-order valence-corrected chi connectivity index (χ2v) is 5.17. The molecule has 100 valence electrons. The second-order valence-electron chi connectivity index (χ2n) is 5.17. The summed E-state index contributed by atoms with van der Waals surface area (Å²) < 4.78 is 0. The average molecular weight is 271 g/mol. The van der Waals surface area contributed by atoms with Crippen molar-refractivity contribution in [1.29, 1.82) is 0 Å².